The zero-order chi connectivity index (χ0) is 16.1. The monoisotopic (exact) mass is 304 g/mol. The van der Waals surface area contributed by atoms with Gasteiger partial charge in [-0.2, -0.15) is 0 Å². The summed E-state index contributed by atoms with van der Waals surface area (Å²) in [5.41, 5.74) is 9.00. The van der Waals surface area contributed by atoms with Crippen molar-refractivity contribution in [2.45, 2.75) is 19.3 Å². The number of rotatable bonds is 6. The molecule has 0 fully saturated rings. The van der Waals surface area contributed by atoms with Crippen LogP contribution in [0.5, 0.6) is 0 Å². The average Bonchev–Trinajstić information content (AvgIpc) is 2.61. The van der Waals surface area contributed by atoms with Crippen molar-refractivity contribution in [2.75, 3.05) is 6.54 Å². The third kappa shape index (κ3) is 3.46. The normalized spacial score (nSPS) is 10.8. The second-order valence-electron chi connectivity index (χ2n) is 5.61. The van der Waals surface area contributed by atoms with Gasteiger partial charge in [0.2, 0.25) is 0 Å². The maximum atomic E-state index is 12.6. The summed E-state index contributed by atoms with van der Waals surface area (Å²) in [6.45, 7) is 0.625. The van der Waals surface area contributed by atoms with Crippen molar-refractivity contribution < 1.29 is 4.79 Å². The highest BCUT2D eigenvalue weighted by Gasteiger charge is 2.13. The van der Waals surface area contributed by atoms with Gasteiger partial charge < -0.3 is 5.73 Å². The molecule has 1 aromatic heterocycles. The van der Waals surface area contributed by atoms with Crippen molar-refractivity contribution in [3.8, 4) is 11.3 Å². The first-order valence-corrected chi connectivity index (χ1v) is 7.98. The Hall–Kier alpha value is -2.52. The van der Waals surface area contributed by atoms with E-state index < -0.39 is 0 Å². The number of carbonyl (C=O) groups excluding carboxylic acids is 1. The molecule has 3 rings (SSSR count). The van der Waals surface area contributed by atoms with Crippen LogP contribution in [0.25, 0.3) is 22.2 Å². The molecule has 3 heteroatoms. The molecule has 0 bridgehead atoms. The lowest BCUT2D eigenvalue weighted by Gasteiger charge is -2.09. The van der Waals surface area contributed by atoms with Crippen LogP contribution in [-0.2, 0) is 0 Å². The minimum absolute atomic E-state index is 0.161. The van der Waals surface area contributed by atoms with Crippen molar-refractivity contribution >= 4 is 16.7 Å². The molecule has 0 aliphatic heterocycles. The predicted octanol–water partition coefficient (Wildman–Crippen LogP) is 4.21. The SMILES string of the molecule is NCCCCC(=O)c1cc(-c2ccccc2)nc2ccccc12. The van der Waals surface area contributed by atoms with Gasteiger partial charge in [-0.05, 0) is 31.5 Å². The van der Waals surface area contributed by atoms with E-state index in [0.29, 0.717) is 13.0 Å². The summed E-state index contributed by atoms with van der Waals surface area (Å²) in [7, 11) is 0. The highest BCUT2D eigenvalue weighted by atomic mass is 16.1. The standard InChI is InChI=1S/C20H20N2O/c21-13-7-6-12-20(23)17-14-19(15-8-2-1-3-9-15)22-18-11-5-4-10-16(17)18/h1-5,8-11,14H,6-7,12-13,21H2. The fraction of sp³-hybridized carbons (Fsp3) is 0.200. The van der Waals surface area contributed by atoms with Gasteiger partial charge in [-0.15, -0.1) is 0 Å². The lowest BCUT2D eigenvalue weighted by Crippen LogP contribution is -2.04. The van der Waals surface area contributed by atoms with Gasteiger partial charge in [0.15, 0.2) is 5.78 Å². The Balaban J connectivity index is 2.06. The Morgan fingerprint density at radius 2 is 1.70 bits per heavy atom. The molecule has 116 valence electrons. The Labute approximate surface area is 136 Å². The molecular weight excluding hydrogens is 284 g/mol. The van der Waals surface area contributed by atoms with Crippen LogP contribution in [0, 0.1) is 0 Å². The van der Waals surface area contributed by atoms with E-state index in [4.69, 9.17) is 10.7 Å². The Kier molecular flexibility index (Phi) is 4.79. The number of nitrogens with zero attached hydrogens (tertiary/aromatic N) is 1. The first-order chi connectivity index (χ1) is 11.3. The molecule has 1 heterocycles. The van der Waals surface area contributed by atoms with Crippen LogP contribution in [0.15, 0.2) is 60.7 Å². The van der Waals surface area contributed by atoms with E-state index in [1.165, 1.54) is 0 Å². The summed E-state index contributed by atoms with van der Waals surface area (Å²) in [6, 6.07) is 19.7. The highest BCUT2D eigenvalue weighted by Crippen LogP contribution is 2.26. The molecule has 3 nitrogen and oxygen atoms in total. The number of fused-ring (bicyclic) bond motifs is 1. The minimum atomic E-state index is 0.161. The molecule has 0 aliphatic rings. The zero-order valence-corrected chi connectivity index (χ0v) is 13.0. The number of pyridine rings is 1. The van der Waals surface area contributed by atoms with Crippen molar-refractivity contribution in [3.63, 3.8) is 0 Å². The van der Waals surface area contributed by atoms with E-state index in [1.807, 2.05) is 60.7 Å². The number of Topliss-reactive ketones (excluding diaryl/α,β-unsaturated/α-hetero) is 1. The van der Waals surface area contributed by atoms with Gasteiger partial charge >= 0.3 is 0 Å². The highest BCUT2D eigenvalue weighted by molar-refractivity contribution is 6.08. The van der Waals surface area contributed by atoms with Gasteiger partial charge in [0.05, 0.1) is 11.2 Å². The molecule has 0 aliphatic carbocycles. The topological polar surface area (TPSA) is 56.0 Å². The number of benzene rings is 2. The number of carbonyl (C=O) groups is 1. The zero-order valence-electron chi connectivity index (χ0n) is 13.0. The van der Waals surface area contributed by atoms with Gasteiger partial charge in [0.1, 0.15) is 0 Å². The Morgan fingerprint density at radius 3 is 2.48 bits per heavy atom. The lowest BCUT2D eigenvalue weighted by molar-refractivity contribution is 0.0981. The van der Waals surface area contributed by atoms with E-state index in [9.17, 15) is 4.79 Å². The number of aromatic nitrogens is 1. The fourth-order valence-corrected chi connectivity index (χ4v) is 2.73. The van der Waals surface area contributed by atoms with Crippen molar-refractivity contribution in [1.29, 1.82) is 0 Å². The predicted molar refractivity (Wildman–Crippen MR) is 94.4 cm³/mol. The Morgan fingerprint density at radius 1 is 0.957 bits per heavy atom. The molecule has 0 atom stereocenters. The largest absolute Gasteiger partial charge is 0.330 e. The van der Waals surface area contributed by atoms with Crippen molar-refractivity contribution in [2.24, 2.45) is 5.73 Å². The number of nitrogens with two attached hydrogens (primary N) is 1. The molecule has 0 radical (unpaired) electrons. The van der Waals surface area contributed by atoms with Crippen LogP contribution in [0.2, 0.25) is 0 Å². The molecule has 2 aromatic carbocycles. The van der Waals surface area contributed by atoms with Gasteiger partial charge in [0.25, 0.3) is 0 Å². The van der Waals surface area contributed by atoms with E-state index in [-0.39, 0.29) is 5.78 Å². The smallest absolute Gasteiger partial charge is 0.163 e. The van der Waals surface area contributed by atoms with Gasteiger partial charge in [-0.25, -0.2) is 4.98 Å². The second-order valence-corrected chi connectivity index (χ2v) is 5.61. The van der Waals surface area contributed by atoms with Crippen molar-refractivity contribution in [3.05, 3.63) is 66.2 Å². The lowest BCUT2D eigenvalue weighted by atomic mass is 9.98. The number of unbranched alkanes of at least 4 members (excludes halogenated alkanes) is 1. The van der Waals surface area contributed by atoms with Crippen LogP contribution in [-0.4, -0.2) is 17.3 Å². The average molecular weight is 304 g/mol. The quantitative estimate of drug-likeness (QED) is 0.548. The summed E-state index contributed by atoms with van der Waals surface area (Å²) in [6.07, 6.45) is 2.23. The molecule has 0 unspecified atom stereocenters. The van der Waals surface area contributed by atoms with E-state index in [0.717, 1.165) is 40.6 Å². The molecule has 3 aromatic rings. The summed E-state index contributed by atoms with van der Waals surface area (Å²) in [4.78, 5) is 17.4. The maximum absolute atomic E-state index is 12.6. The summed E-state index contributed by atoms with van der Waals surface area (Å²) >= 11 is 0. The minimum Gasteiger partial charge on any atom is -0.330 e. The van der Waals surface area contributed by atoms with E-state index in [1.54, 1.807) is 0 Å². The third-order valence-electron chi connectivity index (χ3n) is 3.94. The molecule has 23 heavy (non-hydrogen) atoms. The molecule has 0 saturated heterocycles. The molecule has 0 saturated carbocycles. The summed E-state index contributed by atoms with van der Waals surface area (Å²) in [5.74, 6) is 0.161. The summed E-state index contributed by atoms with van der Waals surface area (Å²) < 4.78 is 0. The molecular formula is C20H20N2O. The molecule has 2 N–H and O–H groups in total. The van der Waals surface area contributed by atoms with Crippen molar-refractivity contribution in [1.82, 2.24) is 4.98 Å². The van der Waals surface area contributed by atoms with E-state index >= 15 is 0 Å². The van der Waals surface area contributed by atoms with Gasteiger partial charge in [-0.1, -0.05) is 48.5 Å². The van der Waals surface area contributed by atoms with Crippen LogP contribution in [0.1, 0.15) is 29.6 Å². The number of hydrogen-bond donors (Lipinski definition) is 1. The first kappa shape index (κ1) is 15.4. The van der Waals surface area contributed by atoms with E-state index in [2.05, 4.69) is 0 Å². The fourth-order valence-electron chi connectivity index (χ4n) is 2.73. The third-order valence-corrected chi connectivity index (χ3v) is 3.94. The van der Waals surface area contributed by atoms with Gasteiger partial charge in [-0.3, -0.25) is 4.79 Å². The molecule has 0 spiro atoms. The first-order valence-electron chi connectivity index (χ1n) is 7.98. The van der Waals surface area contributed by atoms with Crippen LogP contribution < -0.4 is 5.73 Å². The molecule has 0 amide bonds. The van der Waals surface area contributed by atoms with Gasteiger partial charge in [0, 0.05) is 22.9 Å². The van der Waals surface area contributed by atoms with Crippen LogP contribution >= 0.6 is 0 Å². The maximum Gasteiger partial charge on any atom is 0.163 e. The van der Waals surface area contributed by atoms with Crippen LogP contribution in [0.4, 0.5) is 0 Å². The number of ketones is 1. The number of hydrogen-bond acceptors (Lipinski definition) is 3. The second kappa shape index (κ2) is 7.16. The van der Waals surface area contributed by atoms with Crippen LogP contribution in [0.3, 0.4) is 0 Å². The number of para-hydroxylation sites is 1. The Bertz CT molecular complexity index is 812. The summed E-state index contributed by atoms with van der Waals surface area (Å²) in [5, 5.41) is 0.921.